The van der Waals surface area contributed by atoms with Gasteiger partial charge in [0, 0.05) is 44.8 Å². The average Bonchev–Trinajstić information content (AvgIpc) is 3.26. The number of rotatable bonds is 6. The molecule has 3 N–H and O–H groups in total. The molecular formula is C14H27N3O. The minimum absolute atomic E-state index is 0.185. The van der Waals surface area contributed by atoms with E-state index < -0.39 is 0 Å². The van der Waals surface area contributed by atoms with Gasteiger partial charge in [-0.2, -0.15) is 0 Å². The van der Waals surface area contributed by atoms with Gasteiger partial charge in [-0.15, -0.1) is 0 Å². The van der Waals surface area contributed by atoms with Crippen LogP contribution in [0.3, 0.4) is 0 Å². The Kier molecular flexibility index (Phi) is 3.89. The summed E-state index contributed by atoms with van der Waals surface area (Å²) in [5.74, 6) is 1.66. The van der Waals surface area contributed by atoms with Gasteiger partial charge in [-0.3, -0.25) is 4.90 Å². The molecule has 0 bridgehead atoms. The molecule has 2 aliphatic carbocycles. The van der Waals surface area contributed by atoms with E-state index >= 15 is 0 Å². The van der Waals surface area contributed by atoms with E-state index in [1.54, 1.807) is 0 Å². The Morgan fingerprint density at radius 1 is 1.06 bits per heavy atom. The number of piperazine rings is 1. The van der Waals surface area contributed by atoms with Crippen LogP contribution in [-0.4, -0.2) is 66.3 Å². The van der Waals surface area contributed by atoms with Gasteiger partial charge in [-0.1, -0.05) is 0 Å². The van der Waals surface area contributed by atoms with Crippen LogP contribution in [0, 0.1) is 11.8 Å². The van der Waals surface area contributed by atoms with Crippen LogP contribution in [0.15, 0.2) is 0 Å². The fraction of sp³-hybridized carbons (Fsp3) is 1.00. The Hall–Kier alpha value is -0.160. The van der Waals surface area contributed by atoms with Crippen molar-refractivity contribution in [3.05, 3.63) is 0 Å². The zero-order valence-corrected chi connectivity index (χ0v) is 11.3. The summed E-state index contributed by atoms with van der Waals surface area (Å²) in [7, 11) is 0. The van der Waals surface area contributed by atoms with Gasteiger partial charge >= 0.3 is 0 Å². The molecule has 18 heavy (non-hydrogen) atoms. The lowest BCUT2D eigenvalue weighted by Gasteiger charge is -2.41. The van der Waals surface area contributed by atoms with Crippen molar-refractivity contribution in [2.45, 2.75) is 37.8 Å². The van der Waals surface area contributed by atoms with Crippen LogP contribution >= 0.6 is 0 Å². The molecule has 3 rings (SSSR count). The molecule has 3 fully saturated rings. The van der Waals surface area contributed by atoms with E-state index in [4.69, 9.17) is 5.73 Å². The van der Waals surface area contributed by atoms with E-state index in [-0.39, 0.29) is 18.7 Å². The summed E-state index contributed by atoms with van der Waals surface area (Å²) in [6.07, 6.45) is 5.40. The molecular weight excluding hydrogens is 226 g/mol. The molecule has 0 radical (unpaired) electrons. The maximum Gasteiger partial charge on any atom is 0.0602 e. The molecule has 2 atom stereocenters. The van der Waals surface area contributed by atoms with Gasteiger partial charge in [-0.25, -0.2) is 0 Å². The van der Waals surface area contributed by atoms with E-state index in [2.05, 4.69) is 9.80 Å². The SMILES string of the molecule is NC(C1CC1)C(CO)N1CCN(CC2CC2)CC1. The van der Waals surface area contributed by atoms with Crippen LogP contribution < -0.4 is 5.73 Å². The average molecular weight is 253 g/mol. The van der Waals surface area contributed by atoms with Crippen molar-refractivity contribution >= 4 is 0 Å². The van der Waals surface area contributed by atoms with Crippen molar-refractivity contribution in [3.8, 4) is 0 Å². The number of nitrogens with two attached hydrogens (primary N) is 1. The van der Waals surface area contributed by atoms with E-state index in [1.807, 2.05) is 0 Å². The minimum atomic E-state index is 0.185. The number of hydrogen-bond donors (Lipinski definition) is 2. The van der Waals surface area contributed by atoms with Crippen molar-refractivity contribution in [1.82, 2.24) is 9.80 Å². The number of aliphatic hydroxyl groups is 1. The standard InChI is InChI=1S/C14H27N3O/c15-14(12-3-4-12)13(10-18)17-7-5-16(6-8-17)9-11-1-2-11/h11-14,18H,1-10,15H2. The van der Waals surface area contributed by atoms with Crippen molar-refractivity contribution in [1.29, 1.82) is 0 Å². The Morgan fingerprint density at radius 2 is 1.72 bits per heavy atom. The summed E-state index contributed by atoms with van der Waals surface area (Å²) in [5, 5.41) is 9.61. The Morgan fingerprint density at radius 3 is 2.22 bits per heavy atom. The predicted octanol–water partition coefficient (Wildman–Crippen LogP) is 0.112. The van der Waals surface area contributed by atoms with Crippen molar-refractivity contribution < 1.29 is 5.11 Å². The first-order valence-corrected chi connectivity index (χ1v) is 7.61. The molecule has 1 aliphatic heterocycles. The molecule has 0 amide bonds. The van der Waals surface area contributed by atoms with Crippen LogP contribution in [0.25, 0.3) is 0 Å². The quantitative estimate of drug-likeness (QED) is 0.705. The summed E-state index contributed by atoms with van der Waals surface area (Å²) >= 11 is 0. The van der Waals surface area contributed by atoms with Gasteiger partial charge < -0.3 is 15.7 Å². The third-order valence-corrected chi connectivity index (χ3v) is 4.89. The molecule has 0 spiro atoms. The molecule has 1 heterocycles. The van der Waals surface area contributed by atoms with E-state index in [9.17, 15) is 5.11 Å². The lowest BCUT2D eigenvalue weighted by atomic mass is 10.0. The second-order valence-corrected chi connectivity index (χ2v) is 6.44. The maximum absolute atomic E-state index is 9.61. The summed E-state index contributed by atoms with van der Waals surface area (Å²) in [6.45, 7) is 6.00. The number of aliphatic hydroxyl groups excluding tert-OH is 1. The zero-order valence-electron chi connectivity index (χ0n) is 11.3. The van der Waals surface area contributed by atoms with Gasteiger partial charge in [0.05, 0.1) is 6.61 Å². The molecule has 0 aromatic heterocycles. The highest BCUT2D eigenvalue weighted by molar-refractivity contribution is 4.94. The van der Waals surface area contributed by atoms with Crippen molar-refractivity contribution in [2.75, 3.05) is 39.3 Å². The van der Waals surface area contributed by atoms with E-state index in [0.29, 0.717) is 5.92 Å². The predicted molar refractivity (Wildman–Crippen MR) is 72.3 cm³/mol. The highest BCUT2D eigenvalue weighted by Crippen LogP contribution is 2.34. The monoisotopic (exact) mass is 253 g/mol. The Labute approximate surface area is 110 Å². The van der Waals surface area contributed by atoms with Crippen LogP contribution in [0.2, 0.25) is 0 Å². The van der Waals surface area contributed by atoms with Crippen LogP contribution in [-0.2, 0) is 0 Å². The summed E-state index contributed by atoms with van der Waals surface area (Å²) in [4.78, 5) is 5.01. The van der Waals surface area contributed by atoms with Gasteiger partial charge in [0.2, 0.25) is 0 Å². The first-order valence-electron chi connectivity index (χ1n) is 7.61. The summed E-state index contributed by atoms with van der Waals surface area (Å²) < 4.78 is 0. The molecule has 3 aliphatic rings. The normalized spacial score (nSPS) is 30.3. The lowest BCUT2D eigenvalue weighted by molar-refractivity contribution is 0.0484. The maximum atomic E-state index is 9.61. The van der Waals surface area contributed by atoms with E-state index in [0.717, 1.165) is 32.1 Å². The largest absolute Gasteiger partial charge is 0.395 e. The third kappa shape index (κ3) is 3.05. The highest BCUT2D eigenvalue weighted by Gasteiger charge is 2.37. The van der Waals surface area contributed by atoms with Gasteiger partial charge in [0.15, 0.2) is 0 Å². The summed E-state index contributed by atoms with van der Waals surface area (Å²) in [5.41, 5.74) is 6.27. The van der Waals surface area contributed by atoms with Crippen LogP contribution in [0.1, 0.15) is 25.7 Å². The van der Waals surface area contributed by atoms with Crippen LogP contribution in [0.5, 0.6) is 0 Å². The topological polar surface area (TPSA) is 52.7 Å². The first-order chi connectivity index (χ1) is 8.78. The molecule has 1 saturated heterocycles. The fourth-order valence-electron chi connectivity index (χ4n) is 3.22. The van der Waals surface area contributed by atoms with Gasteiger partial charge in [0.25, 0.3) is 0 Å². The molecule has 2 saturated carbocycles. The van der Waals surface area contributed by atoms with Crippen molar-refractivity contribution in [2.24, 2.45) is 17.6 Å². The number of hydrogen-bond acceptors (Lipinski definition) is 4. The summed E-state index contributed by atoms with van der Waals surface area (Å²) in [6, 6.07) is 0.380. The highest BCUT2D eigenvalue weighted by atomic mass is 16.3. The molecule has 4 nitrogen and oxygen atoms in total. The molecule has 2 unspecified atom stereocenters. The second-order valence-electron chi connectivity index (χ2n) is 6.44. The second kappa shape index (κ2) is 5.45. The smallest absolute Gasteiger partial charge is 0.0602 e. The first kappa shape index (κ1) is 12.9. The molecule has 0 aromatic carbocycles. The molecule has 104 valence electrons. The van der Waals surface area contributed by atoms with E-state index in [1.165, 1.54) is 32.2 Å². The fourth-order valence-corrected chi connectivity index (χ4v) is 3.22. The lowest BCUT2D eigenvalue weighted by Crippen LogP contribution is -2.57. The minimum Gasteiger partial charge on any atom is -0.395 e. The molecule has 4 heteroatoms. The Bertz CT molecular complexity index is 270. The van der Waals surface area contributed by atoms with Gasteiger partial charge in [0.1, 0.15) is 0 Å². The van der Waals surface area contributed by atoms with Crippen LogP contribution in [0.4, 0.5) is 0 Å². The zero-order chi connectivity index (χ0) is 12.5. The Balaban J connectivity index is 1.47. The number of nitrogens with zero attached hydrogens (tertiary/aromatic N) is 2. The molecule has 0 aromatic rings. The third-order valence-electron chi connectivity index (χ3n) is 4.89. The van der Waals surface area contributed by atoms with Crippen molar-refractivity contribution in [3.63, 3.8) is 0 Å². The van der Waals surface area contributed by atoms with Gasteiger partial charge in [-0.05, 0) is 37.5 Å².